The first-order valence-corrected chi connectivity index (χ1v) is 8.06. The molecule has 23 heavy (non-hydrogen) atoms. The summed E-state index contributed by atoms with van der Waals surface area (Å²) in [6.45, 7) is 4.76. The normalized spacial score (nSPS) is 26.7. The summed E-state index contributed by atoms with van der Waals surface area (Å²) in [5.41, 5.74) is 1.53. The summed E-state index contributed by atoms with van der Waals surface area (Å²) >= 11 is 0. The zero-order valence-corrected chi connectivity index (χ0v) is 13.7. The van der Waals surface area contributed by atoms with Crippen LogP contribution in [0.3, 0.4) is 0 Å². The number of nitrogens with zero attached hydrogens (tertiary/aromatic N) is 2. The highest BCUT2D eigenvalue weighted by atomic mass is 16.5. The maximum atomic E-state index is 12.9. The van der Waals surface area contributed by atoms with E-state index in [1.807, 2.05) is 30.3 Å². The standard InChI is InChI=1S/C19H22N2O2/c1-4-8-16-17(14-9-6-5-7-10-14)20-21(18(16)22)15-11-12-23-19(2,3)13-15/h1,5-7,9-10,15-16H,8,11-13H2,2-3H3/t15-,16+/m0/s1. The summed E-state index contributed by atoms with van der Waals surface area (Å²) in [6.07, 6.45) is 7.46. The van der Waals surface area contributed by atoms with Gasteiger partial charge in [0.2, 0.25) is 0 Å². The van der Waals surface area contributed by atoms with Crippen LogP contribution in [0.2, 0.25) is 0 Å². The second kappa shape index (κ2) is 6.17. The molecule has 0 aliphatic carbocycles. The van der Waals surface area contributed by atoms with Crippen molar-refractivity contribution in [2.75, 3.05) is 6.61 Å². The molecule has 0 spiro atoms. The molecule has 0 unspecified atom stereocenters. The van der Waals surface area contributed by atoms with Gasteiger partial charge >= 0.3 is 0 Å². The van der Waals surface area contributed by atoms with E-state index in [4.69, 9.17) is 11.2 Å². The van der Waals surface area contributed by atoms with Gasteiger partial charge in [0, 0.05) is 13.0 Å². The Labute approximate surface area is 137 Å². The Morgan fingerprint density at radius 1 is 1.39 bits per heavy atom. The van der Waals surface area contributed by atoms with Crippen LogP contribution in [0.1, 0.15) is 38.7 Å². The van der Waals surface area contributed by atoms with Gasteiger partial charge in [-0.3, -0.25) is 4.79 Å². The summed E-state index contributed by atoms with van der Waals surface area (Å²) in [6, 6.07) is 9.90. The molecular weight excluding hydrogens is 288 g/mol. The third-order valence-electron chi connectivity index (χ3n) is 4.48. The van der Waals surface area contributed by atoms with Gasteiger partial charge < -0.3 is 4.74 Å². The monoisotopic (exact) mass is 310 g/mol. The van der Waals surface area contributed by atoms with Crippen LogP contribution >= 0.6 is 0 Å². The molecule has 0 N–H and O–H groups in total. The summed E-state index contributed by atoms with van der Waals surface area (Å²) in [5, 5.41) is 6.34. The zero-order chi connectivity index (χ0) is 16.4. The van der Waals surface area contributed by atoms with Gasteiger partial charge in [-0.1, -0.05) is 30.3 Å². The summed E-state index contributed by atoms with van der Waals surface area (Å²) in [7, 11) is 0. The molecule has 1 amide bonds. The van der Waals surface area contributed by atoms with Gasteiger partial charge in [0.15, 0.2) is 0 Å². The van der Waals surface area contributed by atoms with Crippen LogP contribution in [0.4, 0.5) is 0 Å². The third-order valence-corrected chi connectivity index (χ3v) is 4.48. The van der Waals surface area contributed by atoms with Gasteiger partial charge in [-0.05, 0) is 32.3 Å². The van der Waals surface area contributed by atoms with Crippen LogP contribution in [0.15, 0.2) is 35.4 Å². The van der Waals surface area contributed by atoms with E-state index in [-0.39, 0.29) is 23.5 Å². The van der Waals surface area contributed by atoms with Crippen molar-refractivity contribution in [2.24, 2.45) is 11.0 Å². The first kappa shape index (κ1) is 15.8. The molecule has 1 saturated heterocycles. The Balaban J connectivity index is 1.91. The number of hydrogen-bond donors (Lipinski definition) is 0. The number of ether oxygens (including phenoxy) is 1. The van der Waals surface area contributed by atoms with Crippen LogP contribution < -0.4 is 0 Å². The number of terminal acetylenes is 1. The van der Waals surface area contributed by atoms with E-state index < -0.39 is 0 Å². The van der Waals surface area contributed by atoms with Crippen molar-refractivity contribution in [3.63, 3.8) is 0 Å². The highest BCUT2D eigenvalue weighted by molar-refractivity contribution is 6.16. The number of hydrogen-bond acceptors (Lipinski definition) is 3. The Hall–Kier alpha value is -2.12. The lowest BCUT2D eigenvalue weighted by Crippen LogP contribution is -2.45. The number of benzene rings is 1. The molecule has 4 heteroatoms. The van der Waals surface area contributed by atoms with E-state index in [2.05, 4.69) is 24.9 Å². The topological polar surface area (TPSA) is 41.9 Å². The molecule has 120 valence electrons. The first-order valence-electron chi connectivity index (χ1n) is 8.06. The lowest BCUT2D eigenvalue weighted by atomic mass is 9.91. The predicted molar refractivity (Wildman–Crippen MR) is 89.8 cm³/mol. The van der Waals surface area contributed by atoms with Crippen molar-refractivity contribution in [1.82, 2.24) is 5.01 Å². The Morgan fingerprint density at radius 3 is 2.78 bits per heavy atom. The van der Waals surface area contributed by atoms with Gasteiger partial charge in [-0.15, -0.1) is 12.3 Å². The minimum atomic E-state index is -0.339. The smallest absolute Gasteiger partial charge is 0.253 e. The minimum absolute atomic E-state index is 0.0181. The summed E-state index contributed by atoms with van der Waals surface area (Å²) in [4.78, 5) is 12.9. The Kier molecular flexibility index (Phi) is 4.23. The second-order valence-corrected chi connectivity index (χ2v) is 6.75. The highest BCUT2D eigenvalue weighted by Crippen LogP contribution is 2.32. The van der Waals surface area contributed by atoms with Crippen LogP contribution in [0.25, 0.3) is 0 Å². The first-order chi connectivity index (χ1) is 11.0. The van der Waals surface area contributed by atoms with Crippen LogP contribution in [-0.2, 0) is 9.53 Å². The van der Waals surface area contributed by atoms with E-state index in [1.165, 1.54) is 0 Å². The molecule has 2 aliphatic heterocycles. The Bertz CT molecular complexity index is 658. The molecule has 1 fully saturated rings. The van der Waals surface area contributed by atoms with E-state index >= 15 is 0 Å². The lowest BCUT2D eigenvalue weighted by molar-refractivity contribution is -0.140. The number of rotatable bonds is 3. The van der Waals surface area contributed by atoms with E-state index in [0.717, 1.165) is 24.1 Å². The molecular formula is C19H22N2O2. The number of carbonyl (C=O) groups is 1. The summed E-state index contributed by atoms with van der Waals surface area (Å²) < 4.78 is 5.76. The van der Waals surface area contributed by atoms with Gasteiger partial charge in [-0.2, -0.15) is 5.10 Å². The minimum Gasteiger partial charge on any atom is -0.375 e. The molecule has 0 saturated carbocycles. The molecule has 1 aromatic carbocycles. The van der Waals surface area contributed by atoms with Crippen LogP contribution in [0, 0.1) is 18.3 Å². The van der Waals surface area contributed by atoms with E-state index in [1.54, 1.807) is 5.01 Å². The predicted octanol–water partition coefficient (Wildman–Crippen LogP) is 2.83. The van der Waals surface area contributed by atoms with Crippen LogP contribution in [0.5, 0.6) is 0 Å². The zero-order valence-electron chi connectivity index (χ0n) is 13.7. The van der Waals surface area contributed by atoms with Crippen molar-refractivity contribution >= 4 is 11.6 Å². The largest absolute Gasteiger partial charge is 0.375 e. The maximum Gasteiger partial charge on any atom is 0.253 e. The average Bonchev–Trinajstić information content (AvgIpc) is 2.85. The molecule has 0 radical (unpaired) electrons. The fourth-order valence-electron chi connectivity index (χ4n) is 3.35. The molecule has 0 bridgehead atoms. The van der Waals surface area contributed by atoms with Crippen molar-refractivity contribution in [3.8, 4) is 12.3 Å². The van der Waals surface area contributed by atoms with Gasteiger partial charge in [0.05, 0.1) is 23.3 Å². The fraction of sp³-hybridized carbons (Fsp3) is 0.474. The van der Waals surface area contributed by atoms with Crippen molar-refractivity contribution in [1.29, 1.82) is 0 Å². The van der Waals surface area contributed by atoms with Crippen molar-refractivity contribution in [3.05, 3.63) is 35.9 Å². The van der Waals surface area contributed by atoms with E-state index in [0.29, 0.717) is 13.0 Å². The average molecular weight is 310 g/mol. The van der Waals surface area contributed by atoms with Gasteiger partial charge in [0.1, 0.15) is 0 Å². The van der Waals surface area contributed by atoms with Crippen molar-refractivity contribution in [2.45, 2.75) is 44.8 Å². The third kappa shape index (κ3) is 3.16. The molecule has 2 heterocycles. The molecule has 3 rings (SSSR count). The molecule has 0 aromatic heterocycles. The highest BCUT2D eigenvalue weighted by Gasteiger charge is 2.42. The SMILES string of the molecule is C#CC[C@H]1C(=O)N([C@H]2CCOC(C)(C)C2)N=C1c1ccccc1. The number of hydrazone groups is 1. The second-order valence-electron chi connectivity index (χ2n) is 6.75. The fourth-order valence-corrected chi connectivity index (χ4v) is 3.35. The maximum absolute atomic E-state index is 12.9. The van der Waals surface area contributed by atoms with Crippen molar-refractivity contribution < 1.29 is 9.53 Å². The number of amides is 1. The van der Waals surface area contributed by atoms with Crippen LogP contribution in [-0.4, -0.2) is 34.9 Å². The van der Waals surface area contributed by atoms with Gasteiger partial charge in [0.25, 0.3) is 5.91 Å². The molecule has 4 nitrogen and oxygen atoms in total. The molecule has 2 atom stereocenters. The number of carbonyl (C=O) groups excluding carboxylic acids is 1. The quantitative estimate of drug-likeness (QED) is 0.806. The summed E-state index contributed by atoms with van der Waals surface area (Å²) in [5.74, 6) is 2.31. The van der Waals surface area contributed by atoms with Gasteiger partial charge in [-0.25, -0.2) is 5.01 Å². The Morgan fingerprint density at radius 2 is 2.13 bits per heavy atom. The van der Waals surface area contributed by atoms with E-state index in [9.17, 15) is 4.79 Å². The lowest BCUT2D eigenvalue weighted by Gasteiger charge is -2.38. The molecule has 2 aliphatic rings. The molecule has 1 aromatic rings.